The fourth-order valence-electron chi connectivity index (χ4n) is 5.99. The van der Waals surface area contributed by atoms with Crippen molar-refractivity contribution in [2.75, 3.05) is 20.8 Å². The molecule has 3 aromatic carbocycles. The van der Waals surface area contributed by atoms with E-state index in [1.54, 1.807) is 51.7 Å². The number of aromatic nitrogens is 3. The van der Waals surface area contributed by atoms with Crippen LogP contribution in [0.25, 0.3) is 0 Å². The number of aromatic amines is 1. The molecule has 1 N–H and O–H groups in total. The zero-order valence-electron chi connectivity index (χ0n) is 27.1. The zero-order chi connectivity index (χ0) is 34.6. The number of H-pyrrole nitrogens is 1. The molecule has 1 aliphatic heterocycles. The van der Waals surface area contributed by atoms with E-state index >= 15 is 0 Å². The molecule has 1 saturated heterocycles. The maximum atomic E-state index is 13.8. The summed E-state index contributed by atoms with van der Waals surface area (Å²) in [4.78, 5) is 41.2. The summed E-state index contributed by atoms with van der Waals surface area (Å²) < 4.78 is 33.3. The second-order valence-corrected chi connectivity index (χ2v) is 14.5. The summed E-state index contributed by atoms with van der Waals surface area (Å²) in [5.74, 6) is 1.36. The molecule has 1 aliphatic rings. The number of benzene rings is 3. The first kappa shape index (κ1) is 34.4. The summed E-state index contributed by atoms with van der Waals surface area (Å²) in [6, 6.07) is 30.2. The number of hydrogen-bond acceptors (Lipinski definition) is 9. The summed E-state index contributed by atoms with van der Waals surface area (Å²) >= 11 is 5.51. The highest BCUT2D eigenvalue weighted by Gasteiger charge is 2.44. The molecule has 6 rings (SSSR count). The third-order valence-corrected chi connectivity index (χ3v) is 10.7. The lowest BCUT2D eigenvalue weighted by atomic mass is 9.80. The molecule has 0 radical (unpaired) electrons. The Bertz CT molecular complexity index is 1990. The van der Waals surface area contributed by atoms with Gasteiger partial charge in [0.25, 0.3) is 12.2 Å². The van der Waals surface area contributed by atoms with Crippen molar-refractivity contribution in [3.8, 4) is 11.5 Å². The highest BCUT2D eigenvalue weighted by atomic mass is 32.5. The molecular weight excluding hydrogens is 665 g/mol. The molecule has 0 aliphatic carbocycles. The Kier molecular flexibility index (Phi) is 10.3. The minimum Gasteiger partial charge on any atom is -0.746 e. The lowest BCUT2D eigenvalue weighted by Crippen LogP contribution is -2.42. The molecule has 0 bridgehead atoms. The lowest BCUT2D eigenvalue weighted by molar-refractivity contribution is -0.563. The second-order valence-electron chi connectivity index (χ2n) is 11.5. The van der Waals surface area contributed by atoms with E-state index in [1.165, 1.54) is 15.1 Å². The van der Waals surface area contributed by atoms with Crippen LogP contribution in [0.3, 0.4) is 0 Å². The van der Waals surface area contributed by atoms with Gasteiger partial charge in [-0.3, -0.25) is 14.3 Å². The smallest absolute Gasteiger partial charge is 0.330 e. The molecule has 3 heterocycles. The zero-order valence-corrected chi connectivity index (χ0v) is 28.8. The van der Waals surface area contributed by atoms with Gasteiger partial charge in [-0.1, -0.05) is 60.7 Å². The Labute approximate surface area is 288 Å². The van der Waals surface area contributed by atoms with Gasteiger partial charge in [0.1, 0.15) is 35.5 Å². The topological polar surface area (TPSA) is 128 Å². The highest BCUT2D eigenvalue weighted by Crippen LogP contribution is 2.45. The van der Waals surface area contributed by atoms with E-state index in [2.05, 4.69) is 4.98 Å². The average molecular weight is 702 g/mol. The second kappa shape index (κ2) is 14.6. The van der Waals surface area contributed by atoms with Crippen molar-refractivity contribution in [2.45, 2.75) is 37.4 Å². The fraction of sp³-hybridized carbons (Fsp3) is 0.250. The van der Waals surface area contributed by atoms with Crippen LogP contribution in [0.2, 0.25) is 0 Å². The number of pyridine rings is 1. The summed E-state index contributed by atoms with van der Waals surface area (Å²) in [6.07, 6.45) is 2.13. The third kappa shape index (κ3) is 7.16. The van der Waals surface area contributed by atoms with Crippen molar-refractivity contribution in [1.29, 1.82) is 0 Å². The van der Waals surface area contributed by atoms with Crippen LogP contribution >= 0.6 is 6.64 Å². The fourth-order valence-corrected chi connectivity index (χ4v) is 7.80. The number of hydrogen-bond donors (Lipinski definition) is 1. The molecular formula is C36H36N3O8PS. The summed E-state index contributed by atoms with van der Waals surface area (Å²) in [5.41, 5.74) is 0.457. The van der Waals surface area contributed by atoms with Crippen LogP contribution in [0.15, 0.2) is 125 Å². The SMILES string of the molecule is COc1ccc(C(OC[C@H]2O[C@@H](n3cc(C)c(=O)[nH]c3=O)C[C@@H]2OP([O-])(=S)[n+]2ccccc2)(c2ccccc2)c2ccc(OC)cc2)cc1. The van der Waals surface area contributed by atoms with E-state index in [4.69, 9.17) is 35.3 Å². The van der Waals surface area contributed by atoms with Gasteiger partial charge in [0.15, 0.2) is 12.4 Å². The van der Waals surface area contributed by atoms with Crippen LogP contribution in [0, 0.1) is 6.92 Å². The predicted molar refractivity (Wildman–Crippen MR) is 184 cm³/mol. The van der Waals surface area contributed by atoms with E-state index in [1.807, 2.05) is 78.9 Å². The van der Waals surface area contributed by atoms with E-state index in [9.17, 15) is 14.5 Å². The molecule has 5 aromatic rings. The molecule has 11 nitrogen and oxygen atoms in total. The standard InChI is InChI=1S/C36H36N3O8PS/c1-25-23-39(35(41)37-34(25)40)33-22-31(47-48(42,49)38-20-8-5-9-21-38)32(46-33)24-45-36(26-10-6-4-7-11-26,27-12-16-29(43-2)17-13-27)28-14-18-30(44-3)19-15-28/h4-21,23,31-33H,22,24H2,1-3H3,(H-,37,40,41,42,49)/t31-,32+,33+,48?/m0/s1. The minimum absolute atomic E-state index is 0.0694. The van der Waals surface area contributed by atoms with Crippen LogP contribution in [-0.2, 0) is 31.4 Å². The summed E-state index contributed by atoms with van der Waals surface area (Å²) in [7, 11) is 3.21. The molecule has 254 valence electrons. The van der Waals surface area contributed by atoms with Gasteiger partial charge in [0.05, 0.1) is 20.8 Å². The average Bonchev–Trinajstić information content (AvgIpc) is 3.52. The molecule has 2 aromatic heterocycles. The van der Waals surface area contributed by atoms with Crippen LogP contribution in [0.4, 0.5) is 0 Å². The van der Waals surface area contributed by atoms with Crippen molar-refractivity contribution in [3.63, 3.8) is 0 Å². The van der Waals surface area contributed by atoms with E-state index in [-0.39, 0.29) is 13.0 Å². The number of methoxy groups -OCH3 is 2. The van der Waals surface area contributed by atoms with E-state index < -0.39 is 41.9 Å². The van der Waals surface area contributed by atoms with Crippen molar-refractivity contribution < 1.29 is 32.7 Å². The van der Waals surface area contributed by atoms with Gasteiger partial charge >= 0.3 is 5.69 Å². The van der Waals surface area contributed by atoms with Crippen molar-refractivity contribution in [3.05, 3.63) is 159 Å². The maximum absolute atomic E-state index is 13.8. The molecule has 13 heteroatoms. The quantitative estimate of drug-likeness (QED) is 0.152. The Balaban J connectivity index is 1.43. The van der Waals surface area contributed by atoms with Crippen LogP contribution < -0.4 is 30.0 Å². The predicted octanol–water partition coefficient (Wildman–Crippen LogP) is 3.96. The lowest BCUT2D eigenvalue weighted by Gasteiger charge is -2.37. The van der Waals surface area contributed by atoms with Gasteiger partial charge in [0.2, 0.25) is 0 Å². The van der Waals surface area contributed by atoms with Crippen LogP contribution in [0.1, 0.15) is 34.9 Å². The van der Waals surface area contributed by atoms with Gasteiger partial charge in [-0.05, 0) is 59.7 Å². The molecule has 1 unspecified atom stereocenters. The van der Waals surface area contributed by atoms with Gasteiger partial charge < -0.3 is 28.4 Å². The van der Waals surface area contributed by atoms with Crippen LogP contribution in [-0.4, -0.2) is 42.6 Å². The highest BCUT2D eigenvalue weighted by molar-refractivity contribution is 8.05. The number of nitrogens with zero attached hydrogens (tertiary/aromatic N) is 2. The molecule has 49 heavy (non-hydrogen) atoms. The first-order valence-electron chi connectivity index (χ1n) is 15.6. The number of aryl methyl sites for hydroxylation is 1. The van der Waals surface area contributed by atoms with E-state index in [0.29, 0.717) is 17.1 Å². The van der Waals surface area contributed by atoms with Crippen molar-refractivity contribution in [2.24, 2.45) is 0 Å². The van der Waals surface area contributed by atoms with E-state index in [0.717, 1.165) is 16.7 Å². The van der Waals surface area contributed by atoms with Crippen LogP contribution in [0.5, 0.6) is 11.5 Å². The first-order chi connectivity index (χ1) is 23.6. The van der Waals surface area contributed by atoms with Gasteiger partial charge in [-0.2, -0.15) is 4.34 Å². The van der Waals surface area contributed by atoms with Crippen molar-refractivity contribution >= 4 is 18.4 Å². The molecule has 4 atom stereocenters. The maximum Gasteiger partial charge on any atom is 0.330 e. The number of rotatable bonds is 12. The molecule has 0 saturated carbocycles. The Morgan fingerprint density at radius 2 is 1.45 bits per heavy atom. The number of nitrogens with one attached hydrogen (secondary N) is 1. The molecule has 0 amide bonds. The number of ether oxygens (including phenoxy) is 4. The molecule has 0 spiro atoms. The Morgan fingerprint density at radius 1 is 0.898 bits per heavy atom. The Morgan fingerprint density at radius 3 is 2.02 bits per heavy atom. The molecule has 1 fully saturated rings. The van der Waals surface area contributed by atoms with Crippen molar-refractivity contribution in [1.82, 2.24) is 9.55 Å². The Hall–Kier alpha value is -4.42. The van der Waals surface area contributed by atoms with Gasteiger partial charge in [0, 0.05) is 30.3 Å². The van der Waals surface area contributed by atoms with Gasteiger partial charge in [-0.25, -0.2) is 4.79 Å². The monoisotopic (exact) mass is 701 g/mol. The summed E-state index contributed by atoms with van der Waals surface area (Å²) in [6.45, 7) is -2.32. The first-order valence-corrected chi connectivity index (χ1v) is 18.2. The summed E-state index contributed by atoms with van der Waals surface area (Å²) in [5, 5.41) is 0. The third-order valence-electron chi connectivity index (χ3n) is 8.53. The largest absolute Gasteiger partial charge is 0.746 e. The normalized spacial score (nSPS) is 18.9. The minimum atomic E-state index is -3.84. The van der Waals surface area contributed by atoms with Gasteiger partial charge in [-0.15, -0.1) is 0 Å².